The third kappa shape index (κ3) is 3.99. The van der Waals surface area contributed by atoms with Gasteiger partial charge in [-0.05, 0) is 37.3 Å². The second kappa shape index (κ2) is 6.03. The van der Waals surface area contributed by atoms with Crippen molar-refractivity contribution < 1.29 is 0 Å². The Bertz CT molecular complexity index is 365. The van der Waals surface area contributed by atoms with Gasteiger partial charge in [-0.3, -0.25) is 0 Å². The van der Waals surface area contributed by atoms with Crippen molar-refractivity contribution in [3.8, 4) is 6.07 Å². The SMILES string of the molecule is CCc1ccc(CC/C(C)=C/C#N)cc1. The topological polar surface area (TPSA) is 23.8 Å². The molecule has 0 fully saturated rings. The van der Waals surface area contributed by atoms with Crippen LogP contribution in [0.3, 0.4) is 0 Å². The molecule has 0 aliphatic heterocycles. The van der Waals surface area contributed by atoms with Crippen LogP contribution < -0.4 is 0 Å². The summed E-state index contributed by atoms with van der Waals surface area (Å²) >= 11 is 0. The number of nitrogens with zero attached hydrogens (tertiary/aromatic N) is 1. The Morgan fingerprint density at radius 2 is 1.87 bits per heavy atom. The van der Waals surface area contributed by atoms with E-state index in [0.29, 0.717) is 0 Å². The molecule has 0 radical (unpaired) electrons. The lowest BCUT2D eigenvalue weighted by Gasteiger charge is -2.02. The van der Waals surface area contributed by atoms with Crippen molar-refractivity contribution in [3.63, 3.8) is 0 Å². The van der Waals surface area contributed by atoms with E-state index >= 15 is 0 Å². The van der Waals surface area contributed by atoms with Gasteiger partial charge in [0.25, 0.3) is 0 Å². The number of rotatable bonds is 4. The second-order valence-electron chi connectivity index (χ2n) is 3.79. The van der Waals surface area contributed by atoms with Gasteiger partial charge < -0.3 is 0 Å². The highest BCUT2D eigenvalue weighted by atomic mass is 14.2. The Kier molecular flexibility index (Phi) is 4.63. The molecule has 15 heavy (non-hydrogen) atoms. The monoisotopic (exact) mass is 199 g/mol. The molecule has 1 rings (SSSR count). The van der Waals surface area contributed by atoms with E-state index in [4.69, 9.17) is 5.26 Å². The van der Waals surface area contributed by atoms with Crippen LogP contribution in [-0.4, -0.2) is 0 Å². The summed E-state index contributed by atoms with van der Waals surface area (Å²) < 4.78 is 0. The van der Waals surface area contributed by atoms with E-state index in [1.807, 2.05) is 6.92 Å². The molecule has 0 heterocycles. The molecule has 0 aliphatic carbocycles. The molecule has 0 amide bonds. The van der Waals surface area contributed by atoms with Gasteiger partial charge in [0.15, 0.2) is 0 Å². The van der Waals surface area contributed by atoms with Crippen LogP contribution in [-0.2, 0) is 12.8 Å². The summed E-state index contributed by atoms with van der Waals surface area (Å²) in [6.07, 6.45) is 4.71. The lowest BCUT2D eigenvalue weighted by molar-refractivity contribution is 0.939. The molecule has 78 valence electrons. The molecule has 0 N–H and O–H groups in total. The fourth-order valence-corrected chi connectivity index (χ4v) is 1.47. The highest BCUT2D eigenvalue weighted by Crippen LogP contribution is 2.10. The van der Waals surface area contributed by atoms with Crippen molar-refractivity contribution in [1.29, 1.82) is 5.26 Å². The number of nitriles is 1. The molecule has 1 heteroatoms. The second-order valence-corrected chi connectivity index (χ2v) is 3.79. The molecule has 0 saturated carbocycles. The minimum Gasteiger partial charge on any atom is -0.193 e. The molecule has 1 aromatic carbocycles. The van der Waals surface area contributed by atoms with Gasteiger partial charge in [-0.2, -0.15) is 5.26 Å². The smallest absolute Gasteiger partial charge is 0.0911 e. The Morgan fingerprint density at radius 1 is 1.27 bits per heavy atom. The molecule has 0 aromatic heterocycles. The fourth-order valence-electron chi connectivity index (χ4n) is 1.47. The van der Waals surface area contributed by atoms with Gasteiger partial charge in [-0.1, -0.05) is 36.8 Å². The summed E-state index contributed by atoms with van der Waals surface area (Å²) in [6, 6.07) is 10.8. The van der Waals surface area contributed by atoms with Crippen LogP contribution in [0.4, 0.5) is 0 Å². The molecule has 0 bridgehead atoms. The maximum absolute atomic E-state index is 8.48. The zero-order valence-corrected chi connectivity index (χ0v) is 9.46. The first-order valence-electron chi connectivity index (χ1n) is 5.39. The summed E-state index contributed by atoms with van der Waals surface area (Å²) in [5, 5.41) is 8.48. The number of allylic oxidation sites excluding steroid dienone is 2. The molecule has 0 aliphatic rings. The first-order chi connectivity index (χ1) is 7.26. The van der Waals surface area contributed by atoms with Crippen molar-refractivity contribution in [2.75, 3.05) is 0 Å². The summed E-state index contributed by atoms with van der Waals surface area (Å²) in [7, 11) is 0. The Labute approximate surface area is 92.1 Å². The predicted molar refractivity (Wildman–Crippen MR) is 63.5 cm³/mol. The Hall–Kier alpha value is -1.55. The van der Waals surface area contributed by atoms with E-state index in [-0.39, 0.29) is 0 Å². The van der Waals surface area contributed by atoms with Crippen molar-refractivity contribution in [3.05, 3.63) is 47.0 Å². The van der Waals surface area contributed by atoms with Gasteiger partial charge >= 0.3 is 0 Å². The predicted octanol–water partition coefficient (Wildman–Crippen LogP) is 3.65. The number of hydrogen-bond acceptors (Lipinski definition) is 1. The van der Waals surface area contributed by atoms with Crippen molar-refractivity contribution in [1.82, 2.24) is 0 Å². The van der Waals surface area contributed by atoms with Crippen LogP contribution in [0.15, 0.2) is 35.9 Å². The van der Waals surface area contributed by atoms with Gasteiger partial charge in [0, 0.05) is 6.08 Å². The number of hydrogen-bond donors (Lipinski definition) is 0. The lowest BCUT2D eigenvalue weighted by Crippen LogP contribution is -1.87. The third-order valence-corrected chi connectivity index (χ3v) is 2.55. The number of aryl methyl sites for hydroxylation is 2. The van der Waals surface area contributed by atoms with Crippen LogP contribution in [0.2, 0.25) is 0 Å². The minimum absolute atomic E-state index is 0.971. The van der Waals surface area contributed by atoms with Crippen LogP contribution in [0.1, 0.15) is 31.4 Å². The summed E-state index contributed by atoms with van der Waals surface area (Å²) in [4.78, 5) is 0. The van der Waals surface area contributed by atoms with Gasteiger partial charge in [0.05, 0.1) is 6.07 Å². The van der Waals surface area contributed by atoms with Gasteiger partial charge in [0.1, 0.15) is 0 Å². The standard InChI is InChI=1S/C14H17N/c1-3-13-6-8-14(9-7-13)5-4-12(2)10-11-15/h6-10H,3-5H2,1-2H3/b12-10+. The Morgan fingerprint density at radius 3 is 2.40 bits per heavy atom. The van der Waals surface area contributed by atoms with E-state index in [2.05, 4.69) is 37.3 Å². The maximum Gasteiger partial charge on any atom is 0.0911 e. The largest absolute Gasteiger partial charge is 0.193 e. The molecule has 0 atom stereocenters. The van der Waals surface area contributed by atoms with Gasteiger partial charge in [-0.15, -0.1) is 0 Å². The lowest BCUT2D eigenvalue weighted by atomic mass is 10.0. The van der Waals surface area contributed by atoms with E-state index in [1.54, 1.807) is 6.08 Å². The highest BCUT2D eigenvalue weighted by Gasteiger charge is 1.95. The molecule has 0 saturated heterocycles. The first-order valence-corrected chi connectivity index (χ1v) is 5.39. The fraction of sp³-hybridized carbons (Fsp3) is 0.357. The van der Waals surface area contributed by atoms with Gasteiger partial charge in [-0.25, -0.2) is 0 Å². The summed E-state index contributed by atoms with van der Waals surface area (Å²) in [5.74, 6) is 0. The van der Waals surface area contributed by atoms with E-state index in [1.165, 1.54) is 11.1 Å². The highest BCUT2D eigenvalue weighted by molar-refractivity contribution is 5.23. The molecule has 1 nitrogen and oxygen atoms in total. The van der Waals surface area contributed by atoms with Crippen LogP contribution in [0, 0.1) is 11.3 Å². The van der Waals surface area contributed by atoms with Crippen molar-refractivity contribution in [2.24, 2.45) is 0 Å². The third-order valence-electron chi connectivity index (χ3n) is 2.55. The quantitative estimate of drug-likeness (QED) is 0.679. The first kappa shape index (κ1) is 11.5. The molecule has 1 aromatic rings. The number of benzene rings is 1. The zero-order valence-electron chi connectivity index (χ0n) is 9.46. The molecule has 0 unspecified atom stereocenters. The van der Waals surface area contributed by atoms with Crippen molar-refractivity contribution >= 4 is 0 Å². The van der Waals surface area contributed by atoms with E-state index in [0.717, 1.165) is 24.8 Å². The maximum atomic E-state index is 8.48. The van der Waals surface area contributed by atoms with Crippen LogP contribution in [0.5, 0.6) is 0 Å². The normalized spacial score (nSPS) is 11.1. The van der Waals surface area contributed by atoms with E-state index in [9.17, 15) is 0 Å². The summed E-state index contributed by atoms with van der Waals surface area (Å²) in [5.41, 5.74) is 3.87. The van der Waals surface area contributed by atoms with E-state index < -0.39 is 0 Å². The van der Waals surface area contributed by atoms with Crippen molar-refractivity contribution in [2.45, 2.75) is 33.1 Å². The summed E-state index contributed by atoms with van der Waals surface area (Å²) in [6.45, 7) is 4.17. The minimum atomic E-state index is 0.971. The van der Waals surface area contributed by atoms with Crippen LogP contribution >= 0.6 is 0 Å². The molecular weight excluding hydrogens is 182 g/mol. The molecule has 0 spiro atoms. The Balaban J connectivity index is 2.52. The average Bonchev–Trinajstić information content (AvgIpc) is 2.27. The molecular formula is C14H17N. The average molecular weight is 199 g/mol. The van der Waals surface area contributed by atoms with Gasteiger partial charge in [0.2, 0.25) is 0 Å². The van der Waals surface area contributed by atoms with Crippen LogP contribution in [0.25, 0.3) is 0 Å². The zero-order chi connectivity index (χ0) is 11.1.